The Morgan fingerprint density at radius 2 is 1.67 bits per heavy atom. The first-order valence-corrected chi connectivity index (χ1v) is 8.26. The van der Waals surface area contributed by atoms with Gasteiger partial charge in [0.1, 0.15) is 6.10 Å². The van der Waals surface area contributed by atoms with Crippen LogP contribution in [-0.4, -0.2) is 24.1 Å². The predicted octanol–water partition coefficient (Wildman–Crippen LogP) is 4.78. The van der Waals surface area contributed by atoms with Crippen LogP contribution >= 0.6 is 0 Å². The smallest absolute Gasteiger partial charge is 0.410 e. The summed E-state index contributed by atoms with van der Waals surface area (Å²) in [6.45, 7) is 4.00. The van der Waals surface area contributed by atoms with Crippen LogP contribution in [0.15, 0.2) is 30.3 Å². The molecule has 116 valence electrons. The number of carbonyl (C=O) groups is 1. The van der Waals surface area contributed by atoms with Crippen molar-refractivity contribution in [2.24, 2.45) is 5.92 Å². The van der Waals surface area contributed by atoms with Crippen molar-refractivity contribution < 1.29 is 9.53 Å². The molecule has 2 fully saturated rings. The SMILES string of the molecule is CC.CN1C(=O)OC(c2ccccc2)C1C1CCCCC1. The van der Waals surface area contributed by atoms with E-state index in [9.17, 15) is 4.79 Å². The molecule has 0 bridgehead atoms. The zero-order chi connectivity index (χ0) is 15.2. The Labute approximate surface area is 128 Å². The molecule has 3 heteroatoms. The van der Waals surface area contributed by atoms with Crippen LogP contribution in [0.1, 0.15) is 57.6 Å². The highest BCUT2D eigenvalue weighted by Crippen LogP contribution is 2.40. The summed E-state index contributed by atoms with van der Waals surface area (Å²) < 4.78 is 5.61. The molecule has 0 spiro atoms. The fraction of sp³-hybridized carbons (Fsp3) is 0.611. The summed E-state index contributed by atoms with van der Waals surface area (Å²) in [6, 6.07) is 10.4. The summed E-state index contributed by atoms with van der Waals surface area (Å²) in [5.41, 5.74) is 1.12. The van der Waals surface area contributed by atoms with Gasteiger partial charge < -0.3 is 9.64 Å². The van der Waals surface area contributed by atoms with E-state index in [-0.39, 0.29) is 18.2 Å². The summed E-state index contributed by atoms with van der Waals surface area (Å²) in [7, 11) is 1.88. The normalized spacial score (nSPS) is 26.0. The van der Waals surface area contributed by atoms with E-state index in [1.54, 1.807) is 0 Å². The third-order valence-corrected chi connectivity index (χ3v) is 4.53. The molecule has 0 radical (unpaired) electrons. The molecule has 1 amide bonds. The van der Waals surface area contributed by atoms with Crippen LogP contribution in [-0.2, 0) is 4.74 Å². The molecule has 1 saturated heterocycles. The van der Waals surface area contributed by atoms with E-state index in [0.29, 0.717) is 5.92 Å². The molecule has 3 rings (SSSR count). The first-order chi connectivity index (χ1) is 10.3. The lowest BCUT2D eigenvalue weighted by atomic mass is 9.80. The monoisotopic (exact) mass is 289 g/mol. The zero-order valence-corrected chi connectivity index (χ0v) is 13.4. The van der Waals surface area contributed by atoms with Gasteiger partial charge in [-0.15, -0.1) is 0 Å². The van der Waals surface area contributed by atoms with Crippen LogP contribution < -0.4 is 0 Å². The van der Waals surface area contributed by atoms with Crippen LogP contribution in [0.25, 0.3) is 0 Å². The van der Waals surface area contributed by atoms with Gasteiger partial charge in [0.25, 0.3) is 0 Å². The molecule has 2 aliphatic rings. The van der Waals surface area contributed by atoms with Gasteiger partial charge in [0.15, 0.2) is 0 Å². The van der Waals surface area contributed by atoms with Crippen molar-refractivity contribution in [1.29, 1.82) is 0 Å². The molecule has 1 aliphatic heterocycles. The zero-order valence-electron chi connectivity index (χ0n) is 13.4. The number of nitrogens with zero attached hydrogens (tertiary/aromatic N) is 1. The molecule has 21 heavy (non-hydrogen) atoms. The molecule has 2 atom stereocenters. The fourth-order valence-corrected chi connectivity index (χ4v) is 3.53. The first kappa shape index (κ1) is 15.9. The lowest BCUT2D eigenvalue weighted by Gasteiger charge is -2.32. The summed E-state index contributed by atoms with van der Waals surface area (Å²) in [4.78, 5) is 13.7. The summed E-state index contributed by atoms with van der Waals surface area (Å²) in [6.07, 6.45) is 6.06. The number of likely N-dealkylation sites (N-methyl/N-ethyl adjacent to an activating group) is 1. The number of hydrogen-bond donors (Lipinski definition) is 0. The van der Waals surface area contributed by atoms with Crippen molar-refractivity contribution in [3.63, 3.8) is 0 Å². The van der Waals surface area contributed by atoms with Crippen LogP contribution in [0.4, 0.5) is 4.79 Å². The van der Waals surface area contributed by atoms with E-state index in [1.165, 1.54) is 32.1 Å². The molecule has 1 aromatic rings. The minimum atomic E-state index is -0.176. The third-order valence-electron chi connectivity index (χ3n) is 4.53. The van der Waals surface area contributed by atoms with Gasteiger partial charge in [0.05, 0.1) is 6.04 Å². The van der Waals surface area contributed by atoms with Crippen LogP contribution in [0, 0.1) is 5.92 Å². The molecule has 0 N–H and O–H groups in total. The van der Waals surface area contributed by atoms with E-state index < -0.39 is 0 Å². The molecule has 0 aromatic heterocycles. The maximum atomic E-state index is 11.9. The minimum absolute atomic E-state index is 0.0956. The number of rotatable bonds is 2. The Kier molecular flexibility index (Phi) is 5.66. The highest BCUT2D eigenvalue weighted by atomic mass is 16.6. The van der Waals surface area contributed by atoms with Crippen molar-refractivity contribution in [3.05, 3.63) is 35.9 Å². The van der Waals surface area contributed by atoms with Gasteiger partial charge >= 0.3 is 6.09 Å². The van der Waals surface area contributed by atoms with E-state index in [1.807, 2.05) is 44.0 Å². The van der Waals surface area contributed by atoms with Crippen molar-refractivity contribution in [2.75, 3.05) is 7.05 Å². The van der Waals surface area contributed by atoms with E-state index in [2.05, 4.69) is 12.1 Å². The lowest BCUT2D eigenvalue weighted by Crippen LogP contribution is -2.38. The molecule has 3 nitrogen and oxygen atoms in total. The van der Waals surface area contributed by atoms with Crippen molar-refractivity contribution >= 4 is 6.09 Å². The van der Waals surface area contributed by atoms with Gasteiger partial charge in [0.2, 0.25) is 0 Å². The Morgan fingerprint density at radius 1 is 1.05 bits per heavy atom. The molecule has 1 aromatic carbocycles. The Hall–Kier alpha value is -1.51. The molecular formula is C18H27NO2. The minimum Gasteiger partial charge on any atom is -0.439 e. The van der Waals surface area contributed by atoms with Crippen LogP contribution in [0.5, 0.6) is 0 Å². The molecular weight excluding hydrogens is 262 g/mol. The largest absolute Gasteiger partial charge is 0.439 e. The van der Waals surface area contributed by atoms with Gasteiger partial charge in [0, 0.05) is 7.05 Å². The lowest BCUT2D eigenvalue weighted by molar-refractivity contribution is 0.115. The van der Waals surface area contributed by atoms with E-state index >= 15 is 0 Å². The number of ether oxygens (including phenoxy) is 1. The quantitative estimate of drug-likeness (QED) is 0.783. The summed E-state index contributed by atoms with van der Waals surface area (Å²) >= 11 is 0. The molecule has 1 heterocycles. The van der Waals surface area contributed by atoms with Gasteiger partial charge in [-0.05, 0) is 24.3 Å². The third kappa shape index (κ3) is 3.39. The Bertz CT molecular complexity index is 440. The van der Waals surface area contributed by atoms with Crippen LogP contribution in [0.2, 0.25) is 0 Å². The average Bonchev–Trinajstić information content (AvgIpc) is 2.86. The number of cyclic esters (lactones) is 1. The van der Waals surface area contributed by atoms with Crippen molar-refractivity contribution in [3.8, 4) is 0 Å². The van der Waals surface area contributed by atoms with Gasteiger partial charge in [-0.1, -0.05) is 63.4 Å². The Balaban J connectivity index is 0.000000774. The summed E-state index contributed by atoms with van der Waals surface area (Å²) in [5.74, 6) is 0.579. The van der Waals surface area contributed by atoms with Gasteiger partial charge in [-0.3, -0.25) is 0 Å². The molecule has 1 aliphatic carbocycles. The number of hydrogen-bond acceptors (Lipinski definition) is 2. The van der Waals surface area contributed by atoms with Crippen molar-refractivity contribution in [1.82, 2.24) is 4.90 Å². The fourth-order valence-electron chi connectivity index (χ4n) is 3.53. The second-order valence-electron chi connectivity index (χ2n) is 5.71. The second kappa shape index (κ2) is 7.48. The second-order valence-corrected chi connectivity index (χ2v) is 5.71. The van der Waals surface area contributed by atoms with E-state index in [0.717, 1.165) is 5.56 Å². The maximum Gasteiger partial charge on any atom is 0.410 e. The molecule has 2 unspecified atom stereocenters. The van der Waals surface area contributed by atoms with Crippen molar-refractivity contribution in [2.45, 2.75) is 58.1 Å². The predicted molar refractivity (Wildman–Crippen MR) is 85.1 cm³/mol. The van der Waals surface area contributed by atoms with E-state index in [4.69, 9.17) is 4.74 Å². The van der Waals surface area contributed by atoms with Gasteiger partial charge in [-0.25, -0.2) is 4.79 Å². The maximum absolute atomic E-state index is 11.9. The standard InChI is InChI=1S/C16H21NO2.C2H6/c1-17-14(12-8-4-2-5-9-12)15(19-16(17)18)13-10-6-3-7-11-13;1-2/h3,6-7,10-12,14-15H,2,4-5,8-9H2,1H3;1-2H3. The average molecular weight is 289 g/mol. The first-order valence-electron chi connectivity index (χ1n) is 8.26. The number of carbonyl (C=O) groups excluding carboxylic acids is 1. The number of amides is 1. The Morgan fingerprint density at radius 3 is 2.29 bits per heavy atom. The molecule has 1 saturated carbocycles. The highest BCUT2D eigenvalue weighted by molar-refractivity contribution is 5.70. The van der Waals surface area contributed by atoms with Crippen LogP contribution in [0.3, 0.4) is 0 Å². The van der Waals surface area contributed by atoms with Gasteiger partial charge in [-0.2, -0.15) is 0 Å². The topological polar surface area (TPSA) is 29.5 Å². The number of benzene rings is 1. The summed E-state index contributed by atoms with van der Waals surface area (Å²) in [5, 5.41) is 0. The highest BCUT2D eigenvalue weighted by Gasteiger charge is 2.44.